The zero-order chi connectivity index (χ0) is 12.3. The maximum absolute atomic E-state index is 5.33. The summed E-state index contributed by atoms with van der Waals surface area (Å²) in [5.74, 6) is 0.517. The molecule has 0 bridgehead atoms. The fraction of sp³-hybridized carbons (Fsp3) is 0.455. The molecule has 2 aromatic rings. The molecule has 0 aliphatic carbocycles. The minimum absolute atomic E-state index is 0.517. The molecule has 0 atom stereocenters. The van der Waals surface area contributed by atoms with Gasteiger partial charge >= 0.3 is 0 Å². The van der Waals surface area contributed by atoms with Crippen molar-refractivity contribution < 1.29 is 4.84 Å². The van der Waals surface area contributed by atoms with Crippen LogP contribution in [0.1, 0.15) is 19.5 Å². The fourth-order valence-corrected chi connectivity index (χ4v) is 1.70. The zero-order valence-electron chi connectivity index (χ0n) is 9.85. The number of hydroxylamine groups is 1. The number of aromatic nitrogens is 3. The highest BCUT2D eigenvalue weighted by Crippen LogP contribution is 2.10. The van der Waals surface area contributed by atoms with Crippen molar-refractivity contribution in [3.63, 3.8) is 0 Å². The van der Waals surface area contributed by atoms with Crippen LogP contribution in [0.25, 0.3) is 5.65 Å². The van der Waals surface area contributed by atoms with E-state index in [1.54, 1.807) is 6.20 Å². The van der Waals surface area contributed by atoms with Crippen LogP contribution in [-0.2, 0) is 11.4 Å². The van der Waals surface area contributed by atoms with Gasteiger partial charge in [-0.1, -0.05) is 13.8 Å². The van der Waals surface area contributed by atoms with E-state index in [0.29, 0.717) is 19.1 Å². The van der Waals surface area contributed by atoms with Crippen LogP contribution >= 0.6 is 15.9 Å². The van der Waals surface area contributed by atoms with Crippen molar-refractivity contribution >= 4 is 21.6 Å². The van der Waals surface area contributed by atoms with Gasteiger partial charge in [0, 0.05) is 6.20 Å². The van der Waals surface area contributed by atoms with Crippen molar-refractivity contribution in [2.24, 2.45) is 5.92 Å². The quantitative estimate of drug-likeness (QED) is 0.679. The number of fused-ring (bicyclic) bond motifs is 1. The highest BCUT2D eigenvalue weighted by molar-refractivity contribution is 9.10. The number of halogens is 1. The van der Waals surface area contributed by atoms with E-state index in [4.69, 9.17) is 4.84 Å². The van der Waals surface area contributed by atoms with E-state index in [2.05, 4.69) is 45.2 Å². The average Bonchev–Trinajstić information content (AvgIpc) is 2.67. The number of nitrogens with zero attached hydrogens (tertiary/aromatic N) is 3. The van der Waals surface area contributed by atoms with Crippen LogP contribution in [0.3, 0.4) is 0 Å². The fourth-order valence-electron chi connectivity index (χ4n) is 1.40. The maximum Gasteiger partial charge on any atom is 0.155 e. The Balaban J connectivity index is 2.01. The molecule has 92 valence electrons. The highest BCUT2D eigenvalue weighted by Gasteiger charge is 2.04. The van der Waals surface area contributed by atoms with Crippen LogP contribution in [0.15, 0.2) is 23.2 Å². The minimum atomic E-state index is 0.517. The number of rotatable bonds is 5. The molecule has 0 aromatic carbocycles. The molecule has 5 nitrogen and oxygen atoms in total. The van der Waals surface area contributed by atoms with Gasteiger partial charge in [-0.25, -0.2) is 9.97 Å². The summed E-state index contributed by atoms with van der Waals surface area (Å²) >= 11 is 3.34. The Kier molecular flexibility index (Phi) is 4.09. The van der Waals surface area contributed by atoms with Gasteiger partial charge in [0.15, 0.2) is 5.65 Å². The molecule has 0 saturated heterocycles. The van der Waals surface area contributed by atoms with E-state index in [1.807, 2.05) is 16.8 Å². The zero-order valence-corrected chi connectivity index (χ0v) is 11.4. The lowest BCUT2D eigenvalue weighted by molar-refractivity contribution is 0.0189. The van der Waals surface area contributed by atoms with Crippen molar-refractivity contribution in [1.29, 1.82) is 0 Å². The first-order chi connectivity index (χ1) is 8.16. The Bertz CT molecular complexity index is 497. The molecule has 17 heavy (non-hydrogen) atoms. The Hall–Kier alpha value is -0.980. The van der Waals surface area contributed by atoms with Crippen LogP contribution in [-0.4, -0.2) is 21.0 Å². The number of hydrogen-bond donors (Lipinski definition) is 1. The lowest BCUT2D eigenvalue weighted by Gasteiger charge is -2.07. The van der Waals surface area contributed by atoms with E-state index < -0.39 is 0 Å². The standard InChI is InChI=1S/C11H15BrN4O/c1-8(2)7-17-15-4-9-3-14-11-5-13-10(12)6-16(9)11/h3,5-6,8,15H,4,7H2,1-2H3. The molecule has 0 spiro atoms. The van der Waals surface area contributed by atoms with E-state index in [1.165, 1.54) is 0 Å². The topological polar surface area (TPSA) is 51.5 Å². The number of nitrogens with one attached hydrogen (secondary N) is 1. The highest BCUT2D eigenvalue weighted by atomic mass is 79.9. The van der Waals surface area contributed by atoms with Gasteiger partial charge in [0.25, 0.3) is 0 Å². The van der Waals surface area contributed by atoms with Gasteiger partial charge in [0.05, 0.1) is 31.2 Å². The van der Waals surface area contributed by atoms with Crippen LogP contribution in [0.2, 0.25) is 0 Å². The second kappa shape index (κ2) is 5.57. The third-order valence-electron chi connectivity index (χ3n) is 2.21. The Morgan fingerprint density at radius 2 is 2.24 bits per heavy atom. The second-order valence-corrected chi connectivity index (χ2v) is 5.03. The predicted molar refractivity (Wildman–Crippen MR) is 68.3 cm³/mol. The van der Waals surface area contributed by atoms with Gasteiger partial charge in [0.1, 0.15) is 4.60 Å². The lowest BCUT2D eigenvalue weighted by Crippen LogP contribution is -2.18. The van der Waals surface area contributed by atoms with Gasteiger partial charge in [-0.05, 0) is 21.8 Å². The lowest BCUT2D eigenvalue weighted by atomic mass is 10.2. The summed E-state index contributed by atoms with van der Waals surface area (Å²) in [6, 6.07) is 0. The van der Waals surface area contributed by atoms with Gasteiger partial charge in [-0.15, -0.1) is 0 Å². The summed E-state index contributed by atoms with van der Waals surface area (Å²) < 4.78 is 2.76. The van der Waals surface area contributed by atoms with E-state index >= 15 is 0 Å². The normalized spacial score (nSPS) is 11.5. The Labute approximate surface area is 108 Å². The number of hydrogen-bond acceptors (Lipinski definition) is 4. The molecule has 0 aliphatic rings. The monoisotopic (exact) mass is 298 g/mol. The van der Waals surface area contributed by atoms with Crippen molar-refractivity contribution in [2.75, 3.05) is 6.61 Å². The molecule has 0 fully saturated rings. The summed E-state index contributed by atoms with van der Waals surface area (Å²) in [6.45, 7) is 5.53. The largest absolute Gasteiger partial charge is 0.301 e. The van der Waals surface area contributed by atoms with E-state index in [0.717, 1.165) is 15.9 Å². The Morgan fingerprint density at radius 3 is 3.00 bits per heavy atom. The maximum atomic E-state index is 5.33. The van der Waals surface area contributed by atoms with Crippen molar-refractivity contribution in [3.8, 4) is 0 Å². The third-order valence-corrected chi connectivity index (χ3v) is 2.62. The summed E-state index contributed by atoms with van der Waals surface area (Å²) in [5.41, 5.74) is 4.80. The van der Waals surface area contributed by atoms with Crippen molar-refractivity contribution in [1.82, 2.24) is 19.8 Å². The first-order valence-electron chi connectivity index (χ1n) is 5.49. The summed E-state index contributed by atoms with van der Waals surface area (Å²) in [6.07, 6.45) is 5.43. The van der Waals surface area contributed by atoms with Crippen LogP contribution in [0, 0.1) is 5.92 Å². The van der Waals surface area contributed by atoms with Crippen LogP contribution in [0.4, 0.5) is 0 Å². The van der Waals surface area contributed by atoms with Gasteiger partial charge in [-0.2, -0.15) is 5.48 Å². The molecule has 2 heterocycles. The second-order valence-electron chi connectivity index (χ2n) is 4.21. The molecular weight excluding hydrogens is 284 g/mol. The van der Waals surface area contributed by atoms with E-state index in [-0.39, 0.29) is 0 Å². The molecule has 0 aliphatic heterocycles. The van der Waals surface area contributed by atoms with Gasteiger partial charge in [0.2, 0.25) is 0 Å². The Morgan fingerprint density at radius 1 is 1.41 bits per heavy atom. The molecule has 0 unspecified atom stereocenters. The molecule has 2 rings (SSSR count). The minimum Gasteiger partial charge on any atom is -0.301 e. The smallest absolute Gasteiger partial charge is 0.155 e. The summed E-state index contributed by atoms with van der Waals surface area (Å²) in [5, 5.41) is 0. The molecule has 6 heteroatoms. The molecule has 0 radical (unpaired) electrons. The molecule has 0 amide bonds. The molecular formula is C11H15BrN4O. The van der Waals surface area contributed by atoms with Crippen LogP contribution in [0.5, 0.6) is 0 Å². The van der Waals surface area contributed by atoms with Crippen molar-refractivity contribution in [2.45, 2.75) is 20.4 Å². The van der Waals surface area contributed by atoms with E-state index in [9.17, 15) is 0 Å². The van der Waals surface area contributed by atoms with Gasteiger partial charge in [-0.3, -0.25) is 4.40 Å². The molecule has 0 saturated carbocycles. The first kappa shape index (κ1) is 12.5. The van der Waals surface area contributed by atoms with Crippen LogP contribution < -0.4 is 5.48 Å². The molecule has 1 N–H and O–H groups in total. The van der Waals surface area contributed by atoms with Gasteiger partial charge < -0.3 is 4.84 Å². The third kappa shape index (κ3) is 3.24. The average molecular weight is 299 g/mol. The number of imidazole rings is 1. The summed E-state index contributed by atoms with van der Waals surface area (Å²) in [4.78, 5) is 13.7. The van der Waals surface area contributed by atoms with Crippen molar-refractivity contribution in [3.05, 3.63) is 28.9 Å². The summed E-state index contributed by atoms with van der Waals surface area (Å²) in [7, 11) is 0. The molecule has 2 aromatic heterocycles. The SMILES string of the molecule is CC(C)CONCc1cnc2cnc(Br)cn12. The predicted octanol–water partition coefficient (Wildman–Crippen LogP) is 2.17. The first-order valence-corrected chi connectivity index (χ1v) is 6.28.